The predicted octanol–water partition coefficient (Wildman–Crippen LogP) is 4.12. The first-order chi connectivity index (χ1) is 8.93. The minimum atomic E-state index is 0.145. The highest BCUT2D eigenvalue weighted by Crippen LogP contribution is 2.26. The fourth-order valence-electron chi connectivity index (χ4n) is 2.22. The van der Waals surface area contributed by atoms with Crippen LogP contribution in [0.3, 0.4) is 0 Å². The number of carbonyl (C=O) groups is 1. The van der Waals surface area contributed by atoms with Crippen molar-refractivity contribution in [1.82, 2.24) is 0 Å². The lowest BCUT2D eigenvalue weighted by Crippen LogP contribution is -2.21. The van der Waals surface area contributed by atoms with Gasteiger partial charge in [-0.05, 0) is 42.5 Å². The first-order valence-corrected chi connectivity index (χ1v) is 7.34. The monoisotopic (exact) mass is 301 g/mol. The Morgan fingerprint density at radius 2 is 1.84 bits per heavy atom. The van der Waals surface area contributed by atoms with E-state index < -0.39 is 0 Å². The Morgan fingerprint density at radius 3 is 2.32 bits per heavy atom. The van der Waals surface area contributed by atoms with Gasteiger partial charge in [-0.2, -0.15) is 0 Å². The second-order valence-corrected chi connectivity index (χ2v) is 6.17. The molecular weight excluding hydrogens is 281 g/mol. The normalized spacial score (nSPS) is 12.7. The topological polar surface area (TPSA) is 43.1 Å². The molecule has 0 radical (unpaired) electrons. The van der Waals surface area contributed by atoms with Gasteiger partial charge in [-0.3, -0.25) is 4.79 Å². The average molecular weight is 302 g/mol. The maximum Gasteiger partial charge on any atom is 0.137 e. The van der Waals surface area contributed by atoms with Gasteiger partial charge >= 0.3 is 0 Å². The van der Waals surface area contributed by atoms with E-state index in [1.165, 1.54) is 0 Å². The molecule has 1 aromatic rings. The van der Waals surface area contributed by atoms with E-state index in [0.717, 1.165) is 12.0 Å². The SMILES string of the molecule is CC(C)CC(CN)CC(=O)Cc1c(Cl)cccc1Cl. The van der Waals surface area contributed by atoms with Crippen molar-refractivity contribution in [3.63, 3.8) is 0 Å². The number of benzene rings is 1. The first kappa shape index (κ1) is 16.5. The molecule has 106 valence electrons. The van der Waals surface area contributed by atoms with Gasteiger partial charge in [-0.15, -0.1) is 0 Å². The highest BCUT2D eigenvalue weighted by Gasteiger charge is 2.16. The van der Waals surface area contributed by atoms with Crippen LogP contribution < -0.4 is 5.73 Å². The first-order valence-electron chi connectivity index (χ1n) is 6.58. The van der Waals surface area contributed by atoms with Crippen LogP contribution >= 0.6 is 23.2 Å². The summed E-state index contributed by atoms with van der Waals surface area (Å²) in [5.74, 6) is 0.935. The van der Waals surface area contributed by atoms with Crippen LogP contribution in [-0.4, -0.2) is 12.3 Å². The molecular formula is C15H21Cl2NO. The standard InChI is InChI=1S/C15H21Cl2NO/c1-10(2)6-11(9-18)7-12(19)8-13-14(16)4-3-5-15(13)17/h3-5,10-11H,6-9,18H2,1-2H3. The molecule has 0 amide bonds. The maximum absolute atomic E-state index is 12.1. The summed E-state index contributed by atoms with van der Waals surface area (Å²) in [6, 6.07) is 5.29. The summed E-state index contributed by atoms with van der Waals surface area (Å²) in [5, 5.41) is 1.10. The maximum atomic E-state index is 12.1. The number of nitrogens with two attached hydrogens (primary N) is 1. The smallest absolute Gasteiger partial charge is 0.137 e. The van der Waals surface area contributed by atoms with Crippen LogP contribution in [0.2, 0.25) is 10.0 Å². The van der Waals surface area contributed by atoms with Gasteiger partial charge in [-0.25, -0.2) is 0 Å². The molecule has 0 aromatic heterocycles. The summed E-state index contributed by atoms with van der Waals surface area (Å²) < 4.78 is 0. The van der Waals surface area contributed by atoms with Gasteiger partial charge < -0.3 is 5.73 Å². The summed E-state index contributed by atoms with van der Waals surface area (Å²) in [5.41, 5.74) is 6.44. The van der Waals surface area contributed by atoms with Crippen molar-refractivity contribution < 1.29 is 4.79 Å². The predicted molar refractivity (Wildman–Crippen MR) is 81.8 cm³/mol. The zero-order valence-electron chi connectivity index (χ0n) is 11.5. The van der Waals surface area contributed by atoms with Crippen molar-refractivity contribution in [1.29, 1.82) is 0 Å². The number of halogens is 2. The summed E-state index contributed by atoms with van der Waals surface area (Å²) in [6.07, 6.45) is 1.75. The van der Waals surface area contributed by atoms with Gasteiger partial charge in [0.15, 0.2) is 0 Å². The molecule has 0 fully saturated rings. The van der Waals surface area contributed by atoms with Crippen LogP contribution in [0.15, 0.2) is 18.2 Å². The molecule has 2 N–H and O–H groups in total. The van der Waals surface area contributed by atoms with E-state index in [4.69, 9.17) is 28.9 Å². The third-order valence-electron chi connectivity index (χ3n) is 3.09. The second kappa shape index (κ2) is 7.88. The summed E-state index contributed by atoms with van der Waals surface area (Å²) in [4.78, 5) is 12.1. The molecule has 0 bridgehead atoms. The van der Waals surface area contributed by atoms with Gasteiger partial charge in [-0.1, -0.05) is 43.1 Å². The molecule has 2 nitrogen and oxygen atoms in total. The highest BCUT2D eigenvalue weighted by atomic mass is 35.5. The minimum Gasteiger partial charge on any atom is -0.330 e. The van der Waals surface area contributed by atoms with Crippen LogP contribution in [0.4, 0.5) is 0 Å². The zero-order valence-corrected chi connectivity index (χ0v) is 13.0. The molecule has 0 aliphatic heterocycles. The van der Waals surface area contributed by atoms with Crippen molar-refractivity contribution in [2.45, 2.75) is 33.1 Å². The van der Waals surface area contributed by atoms with Crippen molar-refractivity contribution in [3.05, 3.63) is 33.8 Å². The van der Waals surface area contributed by atoms with Crippen LogP contribution in [0.1, 0.15) is 32.3 Å². The fraction of sp³-hybridized carbons (Fsp3) is 0.533. The van der Waals surface area contributed by atoms with E-state index in [9.17, 15) is 4.79 Å². The van der Waals surface area contributed by atoms with Gasteiger partial charge in [0.05, 0.1) is 0 Å². The van der Waals surface area contributed by atoms with Gasteiger partial charge in [0.2, 0.25) is 0 Å². The summed E-state index contributed by atoms with van der Waals surface area (Å²) in [6.45, 7) is 4.82. The van der Waals surface area contributed by atoms with Gasteiger partial charge in [0, 0.05) is 22.9 Å². The van der Waals surface area contributed by atoms with Crippen molar-refractivity contribution >= 4 is 29.0 Å². The minimum absolute atomic E-state index is 0.145. The van der Waals surface area contributed by atoms with Crippen LogP contribution in [0, 0.1) is 11.8 Å². The molecule has 1 rings (SSSR count). The number of ketones is 1. The Kier molecular flexibility index (Phi) is 6.84. The molecule has 19 heavy (non-hydrogen) atoms. The molecule has 0 saturated carbocycles. The van der Waals surface area contributed by atoms with Crippen LogP contribution in [0.5, 0.6) is 0 Å². The molecule has 0 aliphatic carbocycles. The summed E-state index contributed by atoms with van der Waals surface area (Å²) >= 11 is 12.1. The Labute approximate surface area is 125 Å². The lowest BCUT2D eigenvalue weighted by molar-refractivity contribution is -0.119. The molecule has 1 atom stereocenters. The van der Waals surface area contributed by atoms with Crippen molar-refractivity contribution in [3.8, 4) is 0 Å². The number of Topliss-reactive ketones (excluding diaryl/α,β-unsaturated/α-hetero) is 1. The van der Waals surface area contributed by atoms with Crippen LogP contribution in [0.25, 0.3) is 0 Å². The lowest BCUT2D eigenvalue weighted by atomic mass is 9.91. The quantitative estimate of drug-likeness (QED) is 0.823. The molecule has 0 spiro atoms. The molecule has 4 heteroatoms. The Morgan fingerprint density at radius 1 is 1.26 bits per heavy atom. The molecule has 1 unspecified atom stereocenters. The lowest BCUT2D eigenvalue weighted by Gasteiger charge is -2.16. The molecule has 1 aromatic carbocycles. The number of hydrogen-bond donors (Lipinski definition) is 1. The van der Waals surface area contributed by atoms with E-state index in [0.29, 0.717) is 28.9 Å². The van der Waals surface area contributed by atoms with E-state index in [1.54, 1.807) is 18.2 Å². The highest BCUT2D eigenvalue weighted by molar-refractivity contribution is 6.36. The number of hydrogen-bond acceptors (Lipinski definition) is 2. The van der Waals surface area contributed by atoms with Crippen molar-refractivity contribution in [2.75, 3.05) is 6.54 Å². The van der Waals surface area contributed by atoms with Crippen molar-refractivity contribution in [2.24, 2.45) is 17.6 Å². The number of carbonyl (C=O) groups excluding carboxylic acids is 1. The zero-order chi connectivity index (χ0) is 14.4. The number of rotatable bonds is 7. The Bertz CT molecular complexity index is 412. The Balaban J connectivity index is 2.64. The summed E-state index contributed by atoms with van der Waals surface area (Å²) in [7, 11) is 0. The van der Waals surface area contributed by atoms with Gasteiger partial charge in [0.25, 0.3) is 0 Å². The van der Waals surface area contributed by atoms with E-state index in [2.05, 4.69) is 13.8 Å². The average Bonchev–Trinajstić information content (AvgIpc) is 2.32. The van der Waals surface area contributed by atoms with E-state index in [-0.39, 0.29) is 18.1 Å². The van der Waals surface area contributed by atoms with E-state index >= 15 is 0 Å². The Hall–Kier alpha value is -0.570. The molecule has 0 heterocycles. The second-order valence-electron chi connectivity index (χ2n) is 5.35. The van der Waals surface area contributed by atoms with E-state index in [1.807, 2.05) is 0 Å². The largest absolute Gasteiger partial charge is 0.330 e. The molecule has 0 aliphatic rings. The third kappa shape index (κ3) is 5.52. The van der Waals surface area contributed by atoms with Gasteiger partial charge in [0.1, 0.15) is 5.78 Å². The third-order valence-corrected chi connectivity index (χ3v) is 3.80. The van der Waals surface area contributed by atoms with Crippen LogP contribution in [-0.2, 0) is 11.2 Å². The fourth-order valence-corrected chi connectivity index (χ4v) is 2.75. The molecule has 0 saturated heterocycles.